The van der Waals surface area contributed by atoms with Gasteiger partial charge >= 0.3 is 0 Å². The second-order valence-corrected chi connectivity index (χ2v) is 5.58. The summed E-state index contributed by atoms with van der Waals surface area (Å²) < 4.78 is 0. The van der Waals surface area contributed by atoms with Crippen molar-refractivity contribution < 1.29 is 0 Å². The summed E-state index contributed by atoms with van der Waals surface area (Å²) >= 11 is 0. The Balaban J connectivity index is 2.56. The highest BCUT2D eigenvalue weighted by Gasteiger charge is 2.31. The van der Waals surface area contributed by atoms with E-state index in [1.165, 1.54) is 33.0 Å². The summed E-state index contributed by atoms with van der Waals surface area (Å²) in [6, 6.07) is 13.3. The zero-order valence-corrected chi connectivity index (χ0v) is 11.0. The summed E-state index contributed by atoms with van der Waals surface area (Å²) in [6.45, 7) is 9.18. The minimum absolute atomic E-state index is 0.151. The van der Waals surface area contributed by atoms with Crippen LogP contribution in [-0.2, 0) is 5.41 Å². The largest absolute Gasteiger partial charge is 0.0613 e. The lowest BCUT2D eigenvalue weighted by molar-refractivity contribution is 0.627. The zero-order valence-electron chi connectivity index (χ0n) is 11.0. The molecule has 2 aromatic rings. The fourth-order valence-electron chi connectivity index (χ4n) is 3.05. The molecule has 0 radical (unpaired) electrons. The maximum absolute atomic E-state index is 2.33. The van der Waals surface area contributed by atoms with Crippen LogP contribution in [0.25, 0.3) is 16.3 Å². The summed E-state index contributed by atoms with van der Waals surface area (Å²) in [5.74, 6) is 0. The van der Waals surface area contributed by atoms with Crippen LogP contribution in [-0.4, -0.2) is 0 Å². The molecule has 0 heterocycles. The summed E-state index contributed by atoms with van der Waals surface area (Å²) in [6.07, 6.45) is 0. The molecular formula is C17H18. The van der Waals surface area contributed by atoms with E-state index < -0.39 is 0 Å². The first-order chi connectivity index (χ1) is 8.03. The second-order valence-electron chi connectivity index (χ2n) is 5.58. The molecule has 0 fully saturated rings. The van der Waals surface area contributed by atoms with E-state index in [0.717, 1.165) is 0 Å². The molecule has 3 rings (SSSR count). The van der Waals surface area contributed by atoms with Gasteiger partial charge in [0, 0.05) is 5.41 Å². The summed E-state index contributed by atoms with van der Waals surface area (Å²) in [5, 5.41) is 2.81. The Bertz CT molecular complexity index is 637. The van der Waals surface area contributed by atoms with Gasteiger partial charge in [0.2, 0.25) is 0 Å². The average molecular weight is 222 g/mol. The molecule has 0 N–H and O–H groups in total. The normalized spacial score (nSPS) is 17.6. The predicted octanol–water partition coefficient (Wildman–Crippen LogP) is 4.92. The Morgan fingerprint density at radius 3 is 2.24 bits per heavy atom. The van der Waals surface area contributed by atoms with E-state index >= 15 is 0 Å². The first-order valence-corrected chi connectivity index (χ1v) is 6.24. The Morgan fingerprint density at radius 1 is 0.882 bits per heavy atom. The molecule has 17 heavy (non-hydrogen) atoms. The number of hydrogen-bond acceptors (Lipinski definition) is 0. The first-order valence-electron chi connectivity index (χ1n) is 6.24. The van der Waals surface area contributed by atoms with Crippen molar-refractivity contribution in [3.05, 3.63) is 53.1 Å². The lowest BCUT2D eigenvalue weighted by Crippen LogP contribution is -2.23. The van der Waals surface area contributed by atoms with Gasteiger partial charge in [0.15, 0.2) is 0 Å². The third-order valence-corrected chi connectivity index (χ3v) is 4.48. The molecule has 0 unspecified atom stereocenters. The molecule has 86 valence electrons. The van der Waals surface area contributed by atoms with Crippen molar-refractivity contribution in [1.82, 2.24) is 0 Å². The Morgan fingerprint density at radius 2 is 1.53 bits per heavy atom. The van der Waals surface area contributed by atoms with E-state index in [4.69, 9.17) is 0 Å². The van der Waals surface area contributed by atoms with Crippen molar-refractivity contribution in [2.45, 2.75) is 33.1 Å². The van der Waals surface area contributed by atoms with Crippen LogP contribution in [0.15, 0.2) is 42.0 Å². The van der Waals surface area contributed by atoms with Gasteiger partial charge in [-0.3, -0.25) is 0 Å². The van der Waals surface area contributed by atoms with Gasteiger partial charge in [-0.05, 0) is 41.3 Å². The van der Waals surface area contributed by atoms with Crippen molar-refractivity contribution in [2.24, 2.45) is 0 Å². The van der Waals surface area contributed by atoms with Crippen LogP contribution in [0.5, 0.6) is 0 Å². The van der Waals surface area contributed by atoms with Crippen LogP contribution in [0.1, 0.15) is 38.8 Å². The van der Waals surface area contributed by atoms with Gasteiger partial charge in [-0.1, -0.05) is 55.8 Å². The zero-order chi connectivity index (χ0) is 12.2. The number of benzene rings is 2. The minimum Gasteiger partial charge on any atom is -0.0613 e. The fraction of sp³-hybridized carbons (Fsp3) is 0.294. The Kier molecular flexibility index (Phi) is 2.01. The van der Waals surface area contributed by atoms with Crippen LogP contribution in [0.3, 0.4) is 0 Å². The third kappa shape index (κ3) is 1.24. The van der Waals surface area contributed by atoms with Crippen LogP contribution >= 0.6 is 0 Å². The molecule has 0 amide bonds. The lowest BCUT2D eigenvalue weighted by Gasteiger charge is -2.35. The molecule has 0 heteroatoms. The number of rotatable bonds is 0. The molecule has 0 saturated carbocycles. The highest BCUT2D eigenvalue weighted by atomic mass is 14.3. The molecule has 1 aliphatic carbocycles. The van der Waals surface area contributed by atoms with Gasteiger partial charge in [0.1, 0.15) is 0 Å². The van der Waals surface area contributed by atoms with Crippen LogP contribution < -0.4 is 0 Å². The highest BCUT2D eigenvalue weighted by Crippen LogP contribution is 2.45. The maximum atomic E-state index is 2.33. The molecule has 0 nitrogen and oxygen atoms in total. The molecule has 0 aliphatic heterocycles. The van der Waals surface area contributed by atoms with Crippen molar-refractivity contribution in [3.8, 4) is 0 Å². The summed E-state index contributed by atoms with van der Waals surface area (Å²) in [7, 11) is 0. The SMILES string of the molecule is CC1=C(C)C(C)(C)c2cccc3cccc1c23. The molecule has 0 aromatic heterocycles. The molecular weight excluding hydrogens is 204 g/mol. The highest BCUT2D eigenvalue weighted by molar-refractivity contribution is 6.00. The van der Waals surface area contributed by atoms with Gasteiger partial charge in [-0.15, -0.1) is 0 Å². The standard InChI is InChI=1S/C17H18/c1-11-12(2)17(3,4)15-10-6-8-13-7-5-9-14(11)16(13)15/h5-10H,1-4H3. The topological polar surface area (TPSA) is 0 Å². The molecule has 0 bridgehead atoms. The molecule has 0 saturated heterocycles. The molecule has 0 atom stereocenters. The van der Waals surface area contributed by atoms with E-state index in [9.17, 15) is 0 Å². The van der Waals surface area contributed by atoms with Crippen molar-refractivity contribution in [2.75, 3.05) is 0 Å². The van der Waals surface area contributed by atoms with Crippen molar-refractivity contribution in [3.63, 3.8) is 0 Å². The van der Waals surface area contributed by atoms with Gasteiger partial charge < -0.3 is 0 Å². The van der Waals surface area contributed by atoms with E-state index in [1.54, 1.807) is 0 Å². The first kappa shape index (κ1) is 10.6. The average Bonchev–Trinajstić information content (AvgIpc) is 2.34. The minimum atomic E-state index is 0.151. The van der Waals surface area contributed by atoms with Gasteiger partial charge in [0.25, 0.3) is 0 Å². The van der Waals surface area contributed by atoms with Crippen molar-refractivity contribution >= 4 is 16.3 Å². The van der Waals surface area contributed by atoms with Gasteiger partial charge in [-0.2, -0.15) is 0 Å². The van der Waals surface area contributed by atoms with Crippen LogP contribution in [0, 0.1) is 0 Å². The molecule has 1 aliphatic rings. The van der Waals surface area contributed by atoms with Crippen LogP contribution in [0.4, 0.5) is 0 Å². The van der Waals surface area contributed by atoms with E-state index in [1.807, 2.05) is 0 Å². The predicted molar refractivity (Wildman–Crippen MR) is 75.2 cm³/mol. The molecule has 2 aromatic carbocycles. The van der Waals surface area contributed by atoms with Gasteiger partial charge in [-0.25, -0.2) is 0 Å². The maximum Gasteiger partial charge on any atom is 0.0115 e. The Hall–Kier alpha value is -1.56. The third-order valence-electron chi connectivity index (χ3n) is 4.48. The monoisotopic (exact) mass is 222 g/mol. The van der Waals surface area contributed by atoms with Crippen LogP contribution in [0.2, 0.25) is 0 Å². The second kappa shape index (κ2) is 3.22. The number of hydrogen-bond donors (Lipinski definition) is 0. The van der Waals surface area contributed by atoms with E-state index in [2.05, 4.69) is 64.1 Å². The van der Waals surface area contributed by atoms with E-state index in [-0.39, 0.29) is 5.41 Å². The molecule has 0 spiro atoms. The van der Waals surface area contributed by atoms with E-state index in [0.29, 0.717) is 0 Å². The van der Waals surface area contributed by atoms with Crippen molar-refractivity contribution in [1.29, 1.82) is 0 Å². The summed E-state index contributed by atoms with van der Waals surface area (Å²) in [4.78, 5) is 0. The number of allylic oxidation sites excluding steroid dienone is 2. The Labute approximate surface area is 103 Å². The summed E-state index contributed by atoms with van der Waals surface area (Å²) in [5.41, 5.74) is 5.96. The van der Waals surface area contributed by atoms with Gasteiger partial charge in [0.05, 0.1) is 0 Å². The lowest BCUT2D eigenvalue weighted by atomic mass is 9.69. The quantitative estimate of drug-likeness (QED) is 0.593. The smallest absolute Gasteiger partial charge is 0.0115 e. The fourth-order valence-corrected chi connectivity index (χ4v) is 3.05.